The van der Waals surface area contributed by atoms with Gasteiger partial charge in [0.05, 0.1) is 12.6 Å². The van der Waals surface area contributed by atoms with Crippen LogP contribution in [0, 0.1) is 0 Å². The monoisotopic (exact) mass is 394 g/mol. The molecule has 3 unspecified atom stereocenters. The van der Waals surface area contributed by atoms with Gasteiger partial charge in [-0.25, -0.2) is 0 Å². The number of aliphatic carboxylic acids is 2. The lowest BCUT2D eigenvalue weighted by Gasteiger charge is -2.22. The molecule has 0 rings (SSSR count). The van der Waals surface area contributed by atoms with Gasteiger partial charge in [0.1, 0.15) is 18.6 Å². The molecule has 0 heterocycles. The Kier molecular flexibility index (Phi) is 10.9. The second-order valence-corrected chi connectivity index (χ2v) is 5.50. The molecule has 3 atom stereocenters. The van der Waals surface area contributed by atoms with E-state index in [-0.39, 0.29) is 12.2 Å². The number of aliphatic hydroxyl groups is 1. The number of amides is 3. The van der Waals surface area contributed by atoms with E-state index in [4.69, 9.17) is 15.9 Å². The first-order chi connectivity index (χ1) is 12.1. The van der Waals surface area contributed by atoms with Crippen LogP contribution in [0.25, 0.3) is 0 Å². The number of rotatable bonds is 12. The van der Waals surface area contributed by atoms with Crippen molar-refractivity contribution >= 4 is 42.3 Å². The molecule has 26 heavy (non-hydrogen) atoms. The second-order valence-electron chi connectivity index (χ2n) is 5.14. The highest BCUT2D eigenvalue weighted by Crippen LogP contribution is 2.00. The van der Waals surface area contributed by atoms with Crippen molar-refractivity contribution in [2.24, 2.45) is 5.73 Å². The molecule has 13 heteroatoms. The molecule has 3 amide bonds. The summed E-state index contributed by atoms with van der Waals surface area (Å²) < 4.78 is 0. The van der Waals surface area contributed by atoms with Crippen molar-refractivity contribution in [1.82, 2.24) is 16.0 Å². The zero-order chi connectivity index (χ0) is 20.3. The summed E-state index contributed by atoms with van der Waals surface area (Å²) in [6.45, 7) is -1.53. The van der Waals surface area contributed by atoms with E-state index >= 15 is 0 Å². The Hall–Kier alpha value is -2.38. The Labute approximate surface area is 153 Å². The lowest BCUT2D eigenvalue weighted by atomic mass is 10.1. The van der Waals surface area contributed by atoms with Crippen LogP contribution >= 0.6 is 12.6 Å². The first-order valence-electron chi connectivity index (χ1n) is 7.41. The Morgan fingerprint density at radius 3 is 1.96 bits per heavy atom. The standard InChI is InChI=1S/C13H22N4O8S/c14-6(5-26)11(23)17-8(4-18)13(25)16-7(1-2-9(19)20)12(24)15-3-10(21)22/h6-8,18,26H,1-5,14H2,(H,15,24)(H,16,25)(H,17,23)(H,19,20)(H,21,22). The number of carboxylic acids is 2. The van der Waals surface area contributed by atoms with Crippen LogP contribution in [0.4, 0.5) is 0 Å². The minimum Gasteiger partial charge on any atom is -0.481 e. The zero-order valence-electron chi connectivity index (χ0n) is 13.7. The van der Waals surface area contributed by atoms with Gasteiger partial charge in [-0.2, -0.15) is 12.6 Å². The minimum absolute atomic E-state index is 0.00949. The van der Waals surface area contributed by atoms with E-state index in [0.29, 0.717) is 0 Å². The smallest absolute Gasteiger partial charge is 0.322 e. The van der Waals surface area contributed by atoms with Gasteiger partial charge in [0.15, 0.2) is 0 Å². The van der Waals surface area contributed by atoms with Crippen LogP contribution in [-0.4, -0.2) is 82.0 Å². The quantitative estimate of drug-likeness (QED) is 0.153. The summed E-state index contributed by atoms with van der Waals surface area (Å²) in [6, 6.07) is -3.84. The van der Waals surface area contributed by atoms with Gasteiger partial charge in [-0.1, -0.05) is 0 Å². The van der Waals surface area contributed by atoms with Gasteiger partial charge in [-0.05, 0) is 6.42 Å². The third-order valence-electron chi connectivity index (χ3n) is 3.04. The summed E-state index contributed by atoms with van der Waals surface area (Å²) in [5.74, 6) is -5.22. The predicted molar refractivity (Wildman–Crippen MR) is 90.3 cm³/mol. The lowest BCUT2D eigenvalue weighted by molar-refractivity contribution is -0.140. The Balaban J connectivity index is 4.99. The number of carbonyl (C=O) groups is 5. The molecule has 0 aliphatic heterocycles. The second kappa shape index (κ2) is 12.1. The van der Waals surface area contributed by atoms with E-state index in [0.717, 1.165) is 0 Å². The Bertz CT molecular complexity index is 544. The number of thiol groups is 1. The highest BCUT2D eigenvalue weighted by atomic mass is 32.1. The van der Waals surface area contributed by atoms with E-state index in [9.17, 15) is 29.1 Å². The molecule has 0 aromatic heterocycles. The fraction of sp³-hybridized carbons (Fsp3) is 0.615. The van der Waals surface area contributed by atoms with E-state index in [1.165, 1.54) is 0 Å². The van der Waals surface area contributed by atoms with Crippen LogP contribution < -0.4 is 21.7 Å². The predicted octanol–water partition coefficient (Wildman–Crippen LogP) is -3.73. The molecule has 0 bridgehead atoms. The Morgan fingerprint density at radius 2 is 1.50 bits per heavy atom. The van der Waals surface area contributed by atoms with Crippen molar-refractivity contribution in [3.8, 4) is 0 Å². The van der Waals surface area contributed by atoms with E-state index < -0.39 is 67.4 Å². The fourth-order valence-corrected chi connectivity index (χ4v) is 1.82. The molecular formula is C13H22N4O8S. The van der Waals surface area contributed by atoms with Gasteiger partial charge < -0.3 is 37.0 Å². The van der Waals surface area contributed by atoms with Crippen molar-refractivity contribution < 1.29 is 39.3 Å². The maximum Gasteiger partial charge on any atom is 0.322 e. The summed E-state index contributed by atoms with van der Waals surface area (Å²) in [5.41, 5.74) is 5.43. The molecule has 8 N–H and O–H groups in total. The van der Waals surface area contributed by atoms with E-state index in [2.05, 4.69) is 23.3 Å². The van der Waals surface area contributed by atoms with Crippen LogP contribution in [0.2, 0.25) is 0 Å². The maximum atomic E-state index is 12.1. The van der Waals surface area contributed by atoms with Crippen molar-refractivity contribution in [2.45, 2.75) is 31.0 Å². The third-order valence-corrected chi connectivity index (χ3v) is 3.44. The topological polar surface area (TPSA) is 208 Å². The molecule has 0 aromatic carbocycles. The third kappa shape index (κ3) is 9.19. The highest BCUT2D eigenvalue weighted by Gasteiger charge is 2.28. The number of aliphatic hydroxyl groups excluding tert-OH is 1. The normalized spacial score (nSPS) is 13.8. The molecule has 0 aliphatic carbocycles. The molecule has 0 radical (unpaired) electrons. The van der Waals surface area contributed by atoms with Crippen LogP contribution in [0.3, 0.4) is 0 Å². The lowest BCUT2D eigenvalue weighted by Crippen LogP contribution is -2.57. The molecule has 12 nitrogen and oxygen atoms in total. The maximum absolute atomic E-state index is 12.1. The van der Waals surface area contributed by atoms with Crippen LogP contribution in [0.5, 0.6) is 0 Å². The molecule has 0 spiro atoms. The first-order valence-corrected chi connectivity index (χ1v) is 8.04. The molecule has 0 aromatic rings. The van der Waals surface area contributed by atoms with Gasteiger partial charge in [-0.3, -0.25) is 24.0 Å². The average Bonchev–Trinajstić information content (AvgIpc) is 2.59. The van der Waals surface area contributed by atoms with Crippen molar-refractivity contribution in [1.29, 1.82) is 0 Å². The van der Waals surface area contributed by atoms with Crippen molar-refractivity contribution in [3.05, 3.63) is 0 Å². The van der Waals surface area contributed by atoms with Gasteiger partial charge in [-0.15, -0.1) is 0 Å². The van der Waals surface area contributed by atoms with E-state index in [1.807, 2.05) is 5.32 Å². The molecule has 148 valence electrons. The van der Waals surface area contributed by atoms with Crippen LogP contribution in [-0.2, 0) is 24.0 Å². The number of hydrogen-bond acceptors (Lipinski definition) is 8. The fourth-order valence-electron chi connectivity index (χ4n) is 1.65. The summed E-state index contributed by atoms with van der Waals surface area (Å²) in [6.07, 6.45) is -0.805. The van der Waals surface area contributed by atoms with Crippen molar-refractivity contribution in [3.63, 3.8) is 0 Å². The highest BCUT2D eigenvalue weighted by molar-refractivity contribution is 7.80. The van der Waals surface area contributed by atoms with Gasteiger partial charge in [0.25, 0.3) is 0 Å². The number of nitrogens with two attached hydrogens (primary N) is 1. The SMILES string of the molecule is NC(CS)C(=O)NC(CO)C(=O)NC(CCC(=O)O)C(=O)NCC(=O)O. The summed E-state index contributed by atoms with van der Waals surface area (Å²) >= 11 is 3.82. The van der Waals surface area contributed by atoms with Gasteiger partial charge in [0, 0.05) is 12.2 Å². The van der Waals surface area contributed by atoms with Crippen LogP contribution in [0.1, 0.15) is 12.8 Å². The number of hydrogen-bond donors (Lipinski definition) is 8. The average molecular weight is 394 g/mol. The zero-order valence-corrected chi connectivity index (χ0v) is 14.6. The first kappa shape index (κ1) is 23.6. The number of nitrogens with one attached hydrogen (secondary N) is 3. The molecule has 0 saturated heterocycles. The minimum atomic E-state index is -1.44. The number of carbonyl (C=O) groups excluding carboxylic acids is 3. The largest absolute Gasteiger partial charge is 0.481 e. The molecule has 0 saturated carbocycles. The molecule has 0 aliphatic rings. The van der Waals surface area contributed by atoms with Crippen molar-refractivity contribution in [2.75, 3.05) is 18.9 Å². The number of carboxylic acid groups (broad SMARTS) is 2. The summed E-state index contributed by atoms with van der Waals surface area (Å²) in [4.78, 5) is 56.9. The van der Waals surface area contributed by atoms with Crippen LogP contribution in [0.15, 0.2) is 0 Å². The molecular weight excluding hydrogens is 372 g/mol. The summed E-state index contributed by atoms with van der Waals surface area (Å²) in [5, 5.41) is 32.8. The van der Waals surface area contributed by atoms with Gasteiger partial charge >= 0.3 is 11.9 Å². The summed E-state index contributed by atoms with van der Waals surface area (Å²) in [7, 11) is 0. The van der Waals surface area contributed by atoms with E-state index in [1.54, 1.807) is 0 Å². The van der Waals surface area contributed by atoms with Gasteiger partial charge in [0.2, 0.25) is 17.7 Å². The molecule has 0 fully saturated rings. The Morgan fingerprint density at radius 1 is 0.923 bits per heavy atom.